The molecule has 23 heavy (non-hydrogen) atoms. The van der Waals surface area contributed by atoms with Gasteiger partial charge in [0.1, 0.15) is 11.4 Å². The molecular formula is C17H15NO3S2. The third-order valence-electron chi connectivity index (χ3n) is 3.55. The van der Waals surface area contributed by atoms with E-state index in [4.69, 9.17) is 4.74 Å². The van der Waals surface area contributed by atoms with Crippen molar-refractivity contribution in [1.29, 1.82) is 0 Å². The first-order chi connectivity index (χ1) is 11.2. The first-order valence-corrected chi connectivity index (χ1v) is 8.95. The summed E-state index contributed by atoms with van der Waals surface area (Å²) >= 11 is 3.04. The fourth-order valence-electron chi connectivity index (χ4n) is 2.33. The lowest BCUT2D eigenvalue weighted by Gasteiger charge is -2.26. The summed E-state index contributed by atoms with van der Waals surface area (Å²) in [7, 11) is 0. The molecule has 0 aliphatic heterocycles. The van der Waals surface area contributed by atoms with E-state index in [9.17, 15) is 9.90 Å². The molecule has 3 rings (SSSR count). The van der Waals surface area contributed by atoms with Gasteiger partial charge in [0.15, 0.2) is 0 Å². The molecule has 0 bridgehead atoms. The van der Waals surface area contributed by atoms with E-state index in [0.717, 1.165) is 11.1 Å². The Morgan fingerprint density at radius 1 is 1.17 bits per heavy atom. The number of thiophene rings is 2. The molecule has 3 heterocycles. The number of esters is 1. The van der Waals surface area contributed by atoms with E-state index in [-0.39, 0.29) is 18.8 Å². The fraction of sp³-hybridized carbons (Fsp3) is 0.176. The van der Waals surface area contributed by atoms with Gasteiger partial charge in [-0.15, -0.1) is 0 Å². The maximum atomic E-state index is 12.0. The maximum Gasteiger partial charge on any atom is 0.311 e. The van der Waals surface area contributed by atoms with E-state index >= 15 is 0 Å². The summed E-state index contributed by atoms with van der Waals surface area (Å²) in [6.07, 6.45) is 3.47. The van der Waals surface area contributed by atoms with Crippen molar-refractivity contribution in [2.75, 3.05) is 0 Å². The molecule has 0 aliphatic carbocycles. The molecule has 0 unspecified atom stereocenters. The standard InChI is InChI=1S/C17H15NO3S2/c19-16(21-15-2-1-7-18-10-15)3-6-17(20,13-4-8-22-11-13)14-5-9-23-12-14/h1-2,4-5,7-12,20H,3,6H2. The molecular weight excluding hydrogens is 330 g/mol. The van der Waals surface area contributed by atoms with Crippen molar-refractivity contribution >= 4 is 28.6 Å². The Balaban J connectivity index is 1.72. The van der Waals surface area contributed by atoms with Crippen molar-refractivity contribution in [2.45, 2.75) is 18.4 Å². The predicted octanol–water partition coefficient (Wildman–Crippen LogP) is 3.83. The molecule has 0 radical (unpaired) electrons. The van der Waals surface area contributed by atoms with Gasteiger partial charge in [-0.3, -0.25) is 9.78 Å². The summed E-state index contributed by atoms with van der Waals surface area (Å²) in [5, 5.41) is 18.8. The number of ether oxygens (including phenoxy) is 1. The minimum atomic E-state index is -1.17. The zero-order valence-electron chi connectivity index (χ0n) is 12.2. The van der Waals surface area contributed by atoms with Gasteiger partial charge in [-0.05, 0) is 63.3 Å². The number of aliphatic hydroxyl groups is 1. The van der Waals surface area contributed by atoms with Crippen LogP contribution in [0.5, 0.6) is 5.75 Å². The zero-order valence-corrected chi connectivity index (χ0v) is 13.8. The van der Waals surface area contributed by atoms with Crippen LogP contribution in [0.4, 0.5) is 0 Å². The quantitative estimate of drug-likeness (QED) is 0.690. The number of aromatic nitrogens is 1. The lowest BCUT2D eigenvalue weighted by molar-refractivity contribution is -0.135. The number of carbonyl (C=O) groups is 1. The van der Waals surface area contributed by atoms with Gasteiger partial charge in [-0.25, -0.2) is 0 Å². The lowest BCUT2D eigenvalue weighted by Crippen LogP contribution is -2.27. The summed E-state index contributed by atoms with van der Waals surface area (Å²) in [5.41, 5.74) is 0.429. The van der Waals surface area contributed by atoms with Crippen LogP contribution in [0, 0.1) is 0 Å². The van der Waals surface area contributed by atoms with Crippen molar-refractivity contribution in [3.05, 3.63) is 69.3 Å². The number of rotatable bonds is 6. The molecule has 0 aliphatic rings. The minimum Gasteiger partial charge on any atom is -0.425 e. The second-order valence-electron chi connectivity index (χ2n) is 5.05. The zero-order chi connectivity index (χ0) is 16.1. The Morgan fingerprint density at radius 2 is 1.87 bits per heavy atom. The van der Waals surface area contributed by atoms with Crippen LogP contribution in [0.2, 0.25) is 0 Å². The van der Waals surface area contributed by atoms with Crippen molar-refractivity contribution < 1.29 is 14.6 Å². The number of pyridine rings is 1. The van der Waals surface area contributed by atoms with Gasteiger partial charge in [0.25, 0.3) is 0 Å². The van der Waals surface area contributed by atoms with Crippen LogP contribution in [0.15, 0.2) is 58.2 Å². The Labute approximate surface area is 142 Å². The van der Waals surface area contributed by atoms with Gasteiger partial charge in [-0.2, -0.15) is 22.7 Å². The average Bonchev–Trinajstić information content (AvgIpc) is 3.27. The molecule has 0 atom stereocenters. The van der Waals surface area contributed by atoms with Crippen molar-refractivity contribution in [1.82, 2.24) is 4.98 Å². The van der Waals surface area contributed by atoms with Gasteiger partial charge < -0.3 is 9.84 Å². The highest BCUT2D eigenvalue weighted by Gasteiger charge is 2.33. The van der Waals surface area contributed by atoms with E-state index in [2.05, 4.69) is 4.98 Å². The summed E-state index contributed by atoms with van der Waals surface area (Å²) in [6.45, 7) is 0. The number of hydrogen-bond acceptors (Lipinski definition) is 6. The molecule has 0 saturated carbocycles. The van der Waals surface area contributed by atoms with Gasteiger partial charge in [-0.1, -0.05) is 0 Å². The summed E-state index contributed by atoms with van der Waals surface area (Å²) in [5.74, 6) is 0.0222. The third kappa shape index (κ3) is 3.67. The second-order valence-corrected chi connectivity index (χ2v) is 6.61. The van der Waals surface area contributed by atoms with Crippen LogP contribution in [0.3, 0.4) is 0 Å². The molecule has 118 valence electrons. The molecule has 0 spiro atoms. The first kappa shape index (κ1) is 15.9. The van der Waals surface area contributed by atoms with Crippen LogP contribution in [0.1, 0.15) is 24.0 Å². The highest BCUT2D eigenvalue weighted by atomic mass is 32.1. The minimum absolute atomic E-state index is 0.108. The largest absolute Gasteiger partial charge is 0.425 e. The van der Waals surface area contributed by atoms with Gasteiger partial charge in [0.2, 0.25) is 0 Å². The number of hydrogen-bond donors (Lipinski definition) is 1. The Hall–Kier alpha value is -2.02. The monoisotopic (exact) mass is 345 g/mol. The van der Waals surface area contributed by atoms with Crippen LogP contribution in [-0.4, -0.2) is 16.1 Å². The van der Waals surface area contributed by atoms with E-state index in [1.165, 1.54) is 28.9 Å². The highest BCUT2D eigenvalue weighted by molar-refractivity contribution is 7.08. The topological polar surface area (TPSA) is 59.4 Å². The summed E-state index contributed by atoms with van der Waals surface area (Å²) < 4.78 is 5.24. The number of carbonyl (C=O) groups excluding carboxylic acids is 1. The number of nitrogens with zero attached hydrogens (tertiary/aromatic N) is 1. The molecule has 0 amide bonds. The van der Waals surface area contributed by atoms with Crippen LogP contribution < -0.4 is 4.74 Å². The molecule has 0 aromatic carbocycles. The molecule has 0 fully saturated rings. The smallest absolute Gasteiger partial charge is 0.311 e. The normalized spacial score (nSPS) is 11.3. The molecule has 3 aromatic rings. The molecule has 6 heteroatoms. The van der Waals surface area contributed by atoms with Gasteiger partial charge >= 0.3 is 5.97 Å². The van der Waals surface area contributed by atoms with Gasteiger partial charge in [0.05, 0.1) is 6.20 Å². The maximum absolute atomic E-state index is 12.0. The third-order valence-corrected chi connectivity index (χ3v) is 4.92. The predicted molar refractivity (Wildman–Crippen MR) is 90.7 cm³/mol. The van der Waals surface area contributed by atoms with E-state index in [1.807, 2.05) is 33.7 Å². The highest BCUT2D eigenvalue weighted by Crippen LogP contribution is 2.36. The molecule has 4 nitrogen and oxygen atoms in total. The Morgan fingerprint density at radius 3 is 2.39 bits per heavy atom. The SMILES string of the molecule is O=C(CCC(O)(c1ccsc1)c1ccsc1)Oc1cccnc1. The van der Waals surface area contributed by atoms with Crippen LogP contribution in [0.25, 0.3) is 0 Å². The van der Waals surface area contributed by atoms with E-state index < -0.39 is 5.60 Å². The van der Waals surface area contributed by atoms with Gasteiger partial charge in [0, 0.05) is 12.6 Å². The second kappa shape index (κ2) is 7.04. The van der Waals surface area contributed by atoms with Crippen molar-refractivity contribution in [3.8, 4) is 5.75 Å². The van der Waals surface area contributed by atoms with Crippen molar-refractivity contribution in [3.63, 3.8) is 0 Å². The van der Waals surface area contributed by atoms with E-state index in [1.54, 1.807) is 18.3 Å². The van der Waals surface area contributed by atoms with Crippen LogP contribution >= 0.6 is 22.7 Å². The average molecular weight is 345 g/mol. The summed E-state index contributed by atoms with van der Waals surface area (Å²) in [6, 6.07) is 7.15. The molecule has 0 saturated heterocycles. The fourth-order valence-corrected chi connectivity index (χ4v) is 3.78. The molecule has 1 N–H and O–H groups in total. The Bertz CT molecular complexity index is 705. The Kier molecular flexibility index (Phi) is 4.85. The summed E-state index contributed by atoms with van der Waals surface area (Å²) in [4.78, 5) is 15.9. The van der Waals surface area contributed by atoms with Crippen LogP contribution in [-0.2, 0) is 10.4 Å². The van der Waals surface area contributed by atoms with Crippen molar-refractivity contribution in [2.24, 2.45) is 0 Å². The molecule has 3 aromatic heterocycles. The first-order valence-electron chi connectivity index (χ1n) is 7.07. The lowest BCUT2D eigenvalue weighted by atomic mass is 9.86. The van der Waals surface area contributed by atoms with E-state index in [0.29, 0.717) is 5.75 Å².